The Kier molecular flexibility index (Phi) is 6.88. The van der Waals surface area contributed by atoms with Gasteiger partial charge in [-0.05, 0) is 18.1 Å². The Morgan fingerprint density at radius 2 is 1.65 bits per heavy atom. The van der Waals surface area contributed by atoms with Crippen LogP contribution >= 0.6 is 0 Å². The van der Waals surface area contributed by atoms with Crippen molar-refractivity contribution < 1.29 is 24.5 Å². The summed E-state index contributed by atoms with van der Waals surface area (Å²) >= 11 is 0. The largest absolute Gasteiger partial charge is 0.866 e. The fraction of sp³-hybridized carbons (Fsp3) is 0.375. The normalized spacial score (nSPS) is 10.5. The molecule has 0 heterocycles. The minimum absolute atomic E-state index is 0.0290. The lowest BCUT2D eigenvalue weighted by molar-refractivity contribution is -0.790. The molecule has 0 unspecified atom stereocenters. The molecule has 0 N–H and O–H groups in total. The van der Waals surface area contributed by atoms with E-state index in [9.17, 15) is 35.6 Å². The zero-order chi connectivity index (χ0) is 15.7. The van der Waals surface area contributed by atoms with Crippen molar-refractivity contribution in [1.29, 1.82) is 0 Å². The van der Waals surface area contributed by atoms with Gasteiger partial charge in [0.1, 0.15) is 0 Å². The third-order valence-corrected chi connectivity index (χ3v) is 1.85. The Hall–Kier alpha value is -3.05. The van der Waals surface area contributed by atoms with Gasteiger partial charge in [0.15, 0.2) is 4.90 Å². The fourth-order valence-electron chi connectivity index (χ4n) is 0.983. The first-order valence-corrected chi connectivity index (χ1v) is 4.98. The summed E-state index contributed by atoms with van der Waals surface area (Å²) in [6.07, 6.45) is 2.45. The summed E-state index contributed by atoms with van der Waals surface area (Å²) in [6.45, 7) is 2.46. The van der Waals surface area contributed by atoms with Gasteiger partial charge in [-0.25, -0.2) is 25.4 Å². The Labute approximate surface area is 111 Å². The average molecular weight is 290 g/mol. The molecule has 0 saturated carbocycles. The van der Waals surface area contributed by atoms with Crippen molar-refractivity contribution in [3.05, 3.63) is 59.9 Å². The Morgan fingerprint density at radius 3 is 2.05 bits per heavy atom. The second-order valence-corrected chi connectivity index (χ2v) is 3.15. The molecule has 110 valence electrons. The summed E-state index contributed by atoms with van der Waals surface area (Å²) in [5.41, 5.74) is 0.360. The van der Waals surface area contributed by atoms with Gasteiger partial charge in [0.2, 0.25) is 16.4 Å². The number of nitro groups is 3. The molecule has 0 aromatic heterocycles. The van der Waals surface area contributed by atoms with Gasteiger partial charge in [-0.3, -0.25) is 10.1 Å². The molecule has 0 radical (unpaired) electrons. The molecule has 0 bridgehead atoms. The monoisotopic (exact) mass is 290 g/mol. The van der Waals surface area contributed by atoms with Crippen molar-refractivity contribution in [3.8, 4) is 0 Å². The van der Waals surface area contributed by atoms with E-state index < -0.39 is 38.8 Å². The van der Waals surface area contributed by atoms with Crippen LogP contribution in [0.4, 0.5) is 0 Å². The van der Waals surface area contributed by atoms with E-state index in [0.717, 1.165) is 0 Å². The number of hydrogen-bond donors (Lipinski definition) is 0. The van der Waals surface area contributed by atoms with Crippen LogP contribution in [0.5, 0.6) is 0 Å². The Balaban J connectivity index is 4.62. The SMILES string of the molecule is C=CC(=CC[N+](=O)[O-])CCO[N+]([O-])=C([N+](=O)[O-])[N+](=O)[O-]. The van der Waals surface area contributed by atoms with Crippen LogP contribution in [0.15, 0.2) is 24.3 Å². The molecule has 0 aromatic carbocycles. The number of allylic oxidation sites excluding steroid dienone is 1. The number of rotatable bonds is 7. The molecule has 0 rings (SSSR count). The topological polar surface area (TPSA) is 165 Å². The van der Waals surface area contributed by atoms with E-state index in [2.05, 4.69) is 11.4 Å². The smallest absolute Gasteiger partial charge is 0.393 e. The van der Waals surface area contributed by atoms with E-state index in [1.54, 1.807) is 0 Å². The molecule has 0 aliphatic rings. The average Bonchev–Trinajstić information content (AvgIpc) is 2.32. The molecule has 0 amide bonds. The maximum absolute atomic E-state index is 11.0. The van der Waals surface area contributed by atoms with E-state index >= 15 is 0 Å². The first-order chi connectivity index (χ1) is 9.29. The van der Waals surface area contributed by atoms with Crippen LogP contribution in [0.3, 0.4) is 0 Å². The van der Waals surface area contributed by atoms with E-state index in [4.69, 9.17) is 0 Å². The molecule has 0 spiro atoms. The second-order valence-electron chi connectivity index (χ2n) is 3.15. The van der Waals surface area contributed by atoms with E-state index in [-0.39, 0.29) is 6.42 Å². The highest BCUT2D eigenvalue weighted by Gasteiger charge is 2.43. The van der Waals surface area contributed by atoms with Gasteiger partial charge in [-0.2, -0.15) is 0 Å². The zero-order valence-corrected chi connectivity index (χ0v) is 10.0. The molecule has 0 aromatic rings. The molecule has 0 atom stereocenters. The number of nitrogens with zero attached hydrogens (tertiary/aromatic N) is 4. The summed E-state index contributed by atoms with van der Waals surface area (Å²) in [4.78, 5) is 30.4. The molecule has 0 fully saturated rings. The third kappa shape index (κ3) is 6.04. The van der Waals surface area contributed by atoms with E-state index in [0.29, 0.717) is 5.57 Å². The third-order valence-electron chi connectivity index (χ3n) is 1.85. The number of hydrogen-bond acceptors (Lipinski definition) is 8. The standard InChI is InChI=1S/C8H10N4O8/c1-2-7(3-5-9(13)14)4-6-20-12(19)8(10(15)16)11(17)18/h2-3H,1,4-6H2. The van der Waals surface area contributed by atoms with E-state index in [1.807, 2.05) is 0 Å². The highest BCUT2D eigenvalue weighted by atomic mass is 16.9. The van der Waals surface area contributed by atoms with Crippen LogP contribution in [-0.4, -0.2) is 38.8 Å². The van der Waals surface area contributed by atoms with Crippen LogP contribution in [0.1, 0.15) is 6.42 Å². The van der Waals surface area contributed by atoms with Crippen LogP contribution in [0.25, 0.3) is 0 Å². The molecule has 12 nitrogen and oxygen atoms in total. The Morgan fingerprint density at radius 1 is 1.10 bits per heavy atom. The van der Waals surface area contributed by atoms with Crippen LogP contribution in [0.2, 0.25) is 0 Å². The van der Waals surface area contributed by atoms with Crippen molar-refractivity contribution in [2.24, 2.45) is 0 Å². The quantitative estimate of drug-likeness (QED) is 0.159. The maximum Gasteiger partial charge on any atom is 0.866 e. The second kappa shape index (κ2) is 8.12. The highest BCUT2D eigenvalue weighted by Crippen LogP contribution is 2.03. The fourth-order valence-corrected chi connectivity index (χ4v) is 0.983. The first-order valence-electron chi connectivity index (χ1n) is 4.98. The van der Waals surface area contributed by atoms with Crippen molar-refractivity contribution >= 4 is 5.96 Å². The van der Waals surface area contributed by atoms with Crippen molar-refractivity contribution in [2.75, 3.05) is 13.2 Å². The molecular weight excluding hydrogens is 280 g/mol. The van der Waals surface area contributed by atoms with Gasteiger partial charge in [0.25, 0.3) is 0 Å². The number of guanidine groups is 1. The molecular formula is C8H10N4O8. The molecule has 20 heavy (non-hydrogen) atoms. The Bertz CT molecular complexity index is 467. The van der Waals surface area contributed by atoms with Gasteiger partial charge in [-0.15, -0.1) is 0 Å². The lowest BCUT2D eigenvalue weighted by atomic mass is 10.2. The summed E-state index contributed by atoms with van der Waals surface area (Å²) in [5.74, 6) is -1.88. The molecule has 0 aliphatic carbocycles. The maximum atomic E-state index is 11.0. The van der Waals surface area contributed by atoms with Crippen LogP contribution in [-0.2, 0) is 4.84 Å². The highest BCUT2D eigenvalue weighted by molar-refractivity contribution is 5.55. The van der Waals surface area contributed by atoms with Crippen LogP contribution < -0.4 is 0 Å². The predicted octanol–water partition coefficient (Wildman–Crippen LogP) is 0.117. The minimum atomic E-state index is -1.88. The van der Waals surface area contributed by atoms with Gasteiger partial charge >= 0.3 is 5.96 Å². The van der Waals surface area contributed by atoms with Crippen molar-refractivity contribution in [1.82, 2.24) is 0 Å². The minimum Gasteiger partial charge on any atom is -0.393 e. The first kappa shape index (κ1) is 16.9. The lowest BCUT2D eigenvalue weighted by Gasteiger charge is -2.03. The molecule has 0 saturated heterocycles. The summed E-state index contributed by atoms with van der Waals surface area (Å²) in [7, 11) is 0. The lowest BCUT2D eigenvalue weighted by Crippen LogP contribution is -2.31. The summed E-state index contributed by atoms with van der Waals surface area (Å²) in [5, 5.41) is 41.5. The van der Waals surface area contributed by atoms with E-state index in [1.165, 1.54) is 12.2 Å². The van der Waals surface area contributed by atoms with Gasteiger partial charge in [0, 0.05) is 4.92 Å². The molecule has 0 aliphatic heterocycles. The zero-order valence-electron chi connectivity index (χ0n) is 10.0. The van der Waals surface area contributed by atoms with Crippen LogP contribution in [0, 0.1) is 35.6 Å². The van der Waals surface area contributed by atoms with Gasteiger partial charge in [0.05, 0.1) is 6.61 Å². The molecule has 12 heteroatoms. The summed E-state index contributed by atoms with van der Waals surface area (Å²) in [6, 6.07) is 0. The van der Waals surface area contributed by atoms with Crippen molar-refractivity contribution in [2.45, 2.75) is 6.42 Å². The van der Waals surface area contributed by atoms with Crippen molar-refractivity contribution in [3.63, 3.8) is 0 Å². The van der Waals surface area contributed by atoms with Gasteiger partial charge < -0.3 is 4.84 Å². The summed E-state index contributed by atoms with van der Waals surface area (Å²) < 4.78 is 0. The van der Waals surface area contributed by atoms with Gasteiger partial charge in [-0.1, -0.05) is 12.7 Å². The predicted molar refractivity (Wildman–Crippen MR) is 63.3 cm³/mol.